The minimum Gasteiger partial charge on any atom is -0.274 e. The van der Waals surface area contributed by atoms with Crippen LogP contribution in [0.3, 0.4) is 0 Å². The van der Waals surface area contributed by atoms with Gasteiger partial charge in [-0.05, 0) is 6.07 Å². The Morgan fingerprint density at radius 3 is 2.69 bits per heavy atom. The zero-order valence-corrected chi connectivity index (χ0v) is 7.58. The van der Waals surface area contributed by atoms with E-state index in [-0.39, 0.29) is 5.03 Å². The highest BCUT2D eigenvalue weighted by Gasteiger charge is 2.15. The van der Waals surface area contributed by atoms with Gasteiger partial charge in [-0.15, -0.1) is 0 Å². The van der Waals surface area contributed by atoms with Gasteiger partial charge in [0.05, 0.1) is 0 Å². The Bertz CT molecular complexity index is 400. The molecular formula is C6H7N3O3S. The minimum absolute atomic E-state index is 0.224. The molecule has 0 radical (unpaired) electrons. The molecule has 1 rings (SSSR count). The van der Waals surface area contributed by atoms with Crippen molar-refractivity contribution < 1.29 is 13.2 Å². The zero-order valence-electron chi connectivity index (χ0n) is 6.76. The molecule has 0 aliphatic rings. The molecule has 1 N–H and O–H groups in total. The lowest BCUT2D eigenvalue weighted by Gasteiger charge is -2.01. The fraction of sp³-hybridized carbons (Fsp3) is 0.167. The van der Waals surface area contributed by atoms with Crippen LogP contribution in [0.25, 0.3) is 0 Å². The van der Waals surface area contributed by atoms with Crippen molar-refractivity contribution in [3.8, 4) is 0 Å². The van der Waals surface area contributed by atoms with E-state index in [2.05, 4.69) is 9.97 Å². The summed E-state index contributed by atoms with van der Waals surface area (Å²) >= 11 is 0. The summed E-state index contributed by atoms with van der Waals surface area (Å²) in [5.74, 6) is -0.654. The molecule has 13 heavy (non-hydrogen) atoms. The van der Waals surface area contributed by atoms with Crippen LogP contribution in [0.15, 0.2) is 23.6 Å². The van der Waals surface area contributed by atoms with Crippen molar-refractivity contribution in [3.63, 3.8) is 0 Å². The molecule has 6 nitrogen and oxygen atoms in total. The van der Waals surface area contributed by atoms with E-state index in [9.17, 15) is 13.2 Å². The molecule has 0 fully saturated rings. The SMILES string of the molecule is CC(=O)NS(=O)(=O)c1ccncn1. The Kier molecular flexibility index (Phi) is 2.57. The van der Waals surface area contributed by atoms with E-state index < -0.39 is 15.9 Å². The summed E-state index contributed by atoms with van der Waals surface area (Å²) in [6.07, 6.45) is 2.37. The van der Waals surface area contributed by atoms with Crippen LogP contribution in [0.4, 0.5) is 0 Å². The average molecular weight is 201 g/mol. The molecule has 1 aromatic heterocycles. The van der Waals surface area contributed by atoms with Crippen molar-refractivity contribution in [2.45, 2.75) is 11.9 Å². The van der Waals surface area contributed by atoms with Crippen LogP contribution in [-0.2, 0) is 14.8 Å². The normalized spacial score (nSPS) is 10.8. The van der Waals surface area contributed by atoms with Gasteiger partial charge in [0.1, 0.15) is 6.33 Å². The van der Waals surface area contributed by atoms with Crippen LogP contribution in [-0.4, -0.2) is 24.3 Å². The molecule has 0 atom stereocenters. The molecule has 0 unspecified atom stereocenters. The first-order valence-electron chi connectivity index (χ1n) is 3.32. The number of rotatable bonds is 2. The lowest BCUT2D eigenvalue weighted by atomic mass is 10.7. The fourth-order valence-electron chi connectivity index (χ4n) is 0.679. The van der Waals surface area contributed by atoms with Crippen LogP contribution >= 0.6 is 0 Å². The number of hydrogen-bond donors (Lipinski definition) is 1. The third-order valence-electron chi connectivity index (χ3n) is 1.11. The molecule has 0 saturated carbocycles. The molecule has 0 bridgehead atoms. The smallest absolute Gasteiger partial charge is 0.274 e. The summed E-state index contributed by atoms with van der Waals surface area (Å²) < 4.78 is 24.2. The van der Waals surface area contributed by atoms with Crippen molar-refractivity contribution >= 4 is 15.9 Å². The van der Waals surface area contributed by atoms with Gasteiger partial charge in [0.15, 0.2) is 5.03 Å². The minimum atomic E-state index is -3.81. The van der Waals surface area contributed by atoms with Gasteiger partial charge in [0.25, 0.3) is 10.0 Å². The van der Waals surface area contributed by atoms with E-state index in [4.69, 9.17) is 0 Å². The van der Waals surface area contributed by atoms with Crippen LogP contribution in [0.2, 0.25) is 0 Å². The number of sulfonamides is 1. The van der Waals surface area contributed by atoms with E-state index in [1.54, 1.807) is 4.72 Å². The predicted molar refractivity (Wildman–Crippen MR) is 43.0 cm³/mol. The van der Waals surface area contributed by atoms with Crippen molar-refractivity contribution in [1.82, 2.24) is 14.7 Å². The quantitative estimate of drug-likeness (QED) is 0.639. The van der Waals surface area contributed by atoms with Crippen molar-refractivity contribution in [1.29, 1.82) is 0 Å². The maximum atomic E-state index is 11.2. The number of carbonyl (C=O) groups is 1. The first kappa shape index (κ1) is 9.59. The van der Waals surface area contributed by atoms with Gasteiger partial charge >= 0.3 is 0 Å². The monoisotopic (exact) mass is 201 g/mol. The topological polar surface area (TPSA) is 89.0 Å². The standard InChI is InChI=1S/C6H7N3O3S/c1-5(10)9-13(11,12)6-2-3-7-4-8-6/h2-4H,1H3,(H,9,10). The highest BCUT2D eigenvalue weighted by molar-refractivity contribution is 7.90. The van der Waals surface area contributed by atoms with Gasteiger partial charge in [0, 0.05) is 13.1 Å². The number of amides is 1. The molecule has 7 heteroatoms. The van der Waals surface area contributed by atoms with E-state index in [1.165, 1.54) is 12.3 Å². The van der Waals surface area contributed by atoms with Crippen LogP contribution in [0, 0.1) is 0 Å². The molecule has 70 valence electrons. The number of hydrogen-bond acceptors (Lipinski definition) is 5. The summed E-state index contributed by atoms with van der Waals surface area (Å²) in [6.45, 7) is 1.11. The van der Waals surface area contributed by atoms with Gasteiger partial charge in [-0.25, -0.2) is 14.7 Å². The Morgan fingerprint density at radius 2 is 2.23 bits per heavy atom. The lowest BCUT2D eigenvalue weighted by Crippen LogP contribution is -2.28. The molecule has 0 spiro atoms. The Hall–Kier alpha value is -1.50. The van der Waals surface area contributed by atoms with Gasteiger partial charge in [-0.2, -0.15) is 8.42 Å². The van der Waals surface area contributed by atoms with Crippen LogP contribution < -0.4 is 4.72 Å². The average Bonchev–Trinajstić information content (AvgIpc) is 2.04. The van der Waals surface area contributed by atoms with Gasteiger partial charge in [0.2, 0.25) is 5.91 Å². The Labute approximate surface area is 75.1 Å². The van der Waals surface area contributed by atoms with Crippen molar-refractivity contribution in [2.24, 2.45) is 0 Å². The predicted octanol–water partition coefficient (Wildman–Crippen LogP) is -0.699. The first-order chi connectivity index (χ1) is 6.02. The third kappa shape index (κ3) is 2.48. The van der Waals surface area contributed by atoms with E-state index >= 15 is 0 Å². The summed E-state index contributed by atoms with van der Waals surface area (Å²) in [6, 6.07) is 1.20. The van der Waals surface area contributed by atoms with Gasteiger partial charge < -0.3 is 0 Å². The van der Waals surface area contributed by atoms with Crippen molar-refractivity contribution in [2.75, 3.05) is 0 Å². The second kappa shape index (κ2) is 3.48. The molecule has 0 aromatic carbocycles. The van der Waals surface area contributed by atoms with E-state index in [1.807, 2.05) is 0 Å². The molecule has 1 amide bonds. The molecule has 1 heterocycles. The Morgan fingerprint density at radius 1 is 1.54 bits per heavy atom. The van der Waals surface area contributed by atoms with Crippen LogP contribution in [0.5, 0.6) is 0 Å². The summed E-state index contributed by atoms with van der Waals surface area (Å²) in [4.78, 5) is 17.5. The maximum Gasteiger partial charge on any atom is 0.281 e. The van der Waals surface area contributed by atoms with E-state index in [0.717, 1.165) is 13.3 Å². The zero-order chi connectivity index (χ0) is 9.90. The van der Waals surface area contributed by atoms with Gasteiger partial charge in [-0.3, -0.25) is 4.79 Å². The highest BCUT2D eigenvalue weighted by Crippen LogP contribution is 2.00. The third-order valence-corrected chi connectivity index (χ3v) is 2.46. The van der Waals surface area contributed by atoms with Crippen LogP contribution in [0.1, 0.15) is 6.92 Å². The van der Waals surface area contributed by atoms with Crippen molar-refractivity contribution in [3.05, 3.63) is 18.6 Å². The molecule has 0 saturated heterocycles. The highest BCUT2D eigenvalue weighted by atomic mass is 32.2. The molecular weight excluding hydrogens is 194 g/mol. The second-order valence-electron chi connectivity index (χ2n) is 2.21. The second-order valence-corrected chi connectivity index (χ2v) is 3.84. The first-order valence-corrected chi connectivity index (χ1v) is 4.80. The summed E-state index contributed by atoms with van der Waals surface area (Å²) in [5, 5.41) is -0.224. The fourth-order valence-corrected chi connectivity index (χ4v) is 1.59. The Balaban J connectivity index is 3.02. The largest absolute Gasteiger partial charge is 0.281 e. The number of nitrogens with one attached hydrogen (secondary N) is 1. The molecule has 1 aromatic rings. The summed E-state index contributed by atoms with van der Waals surface area (Å²) in [7, 11) is -3.81. The maximum absolute atomic E-state index is 11.2. The summed E-state index contributed by atoms with van der Waals surface area (Å²) in [5.41, 5.74) is 0. The van der Waals surface area contributed by atoms with Gasteiger partial charge in [-0.1, -0.05) is 0 Å². The number of nitrogens with zero attached hydrogens (tertiary/aromatic N) is 2. The molecule has 0 aliphatic carbocycles. The lowest BCUT2D eigenvalue weighted by molar-refractivity contribution is -0.117. The number of carbonyl (C=O) groups excluding carboxylic acids is 1. The molecule has 0 aliphatic heterocycles. The van der Waals surface area contributed by atoms with E-state index in [0.29, 0.717) is 0 Å². The number of aromatic nitrogens is 2.